The van der Waals surface area contributed by atoms with Gasteiger partial charge in [0.25, 0.3) is 5.91 Å². The molecule has 0 fully saturated rings. The SMILES string of the molecule is Cc1ncccc1C(=O)NCc1cc(Br)cs1. The van der Waals surface area contributed by atoms with E-state index in [9.17, 15) is 4.79 Å². The predicted molar refractivity (Wildman–Crippen MR) is 72.2 cm³/mol. The summed E-state index contributed by atoms with van der Waals surface area (Å²) in [5.74, 6) is -0.0832. The molecule has 0 spiro atoms. The lowest BCUT2D eigenvalue weighted by atomic mass is 10.2. The number of nitrogens with one attached hydrogen (secondary N) is 1. The second-order valence-electron chi connectivity index (χ2n) is 3.55. The van der Waals surface area contributed by atoms with Crippen LogP contribution in [0.2, 0.25) is 0 Å². The number of aromatic nitrogens is 1. The molecule has 2 aromatic heterocycles. The van der Waals surface area contributed by atoms with E-state index in [1.807, 2.05) is 18.4 Å². The van der Waals surface area contributed by atoms with Gasteiger partial charge >= 0.3 is 0 Å². The Balaban J connectivity index is 2.01. The van der Waals surface area contributed by atoms with Crippen molar-refractivity contribution in [3.63, 3.8) is 0 Å². The van der Waals surface area contributed by atoms with Crippen LogP contribution in [0.3, 0.4) is 0 Å². The highest BCUT2D eigenvalue weighted by atomic mass is 79.9. The summed E-state index contributed by atoms with van der Waals surface area (Å²) in [6.45, 7) is 2.38. The molecular weight excluding hydrogens is 300 g/mol. The molecule has 3 nitrogen and oxygen atoms in total. The highest BCUT2D eigenvalue weighted by Crippen LogP contribution is 2.19. The molecule has 2 rings (SSSR count). The molecule has 0 saturated heterocycles. The van der Waals surface area contributed by atoms with Crippen molar-refractivity contribution in [2.45, 2.75) is 13.5 Å². The fourth-order valence-corrected chi connectivity index (χ4v) is 2.82. The molecule has 0 atom stereocenters. The van der Waals surface area contributed by atoms with Gasteiger partial charge in [-0.3, -0.25) is 9.78 Å². The van der Waals surface area contributed by atoms with Crippen molar-refractivity contribution < 1.29 is 4.79 Å². The predicted octanol–water partition coefficient (Wildman–Crippen LogP) is 3.14. The molecule has 0 aliphatic heterocycles. The quantitative estimate of drug-likeness (QED) is 0.946. The zero-order valence-corrected chi connectivity index (χ0v) is 11.6. The maximum Gasteiger partial charge on any atom is 0.253 e. The third-order valence-corrected chi connectivity index (χ3v) is 3.99. The van der Waals surface area contributed by atoms with E-state index in [2.05, 4.69) is 26.2 Å². The lowest BCUT2D eigenvalue weighted by molar-refractivity contribution is 0.0950. The summed E-state index contributed by atoms with van der Waals surface area (Å²) in [4.78, 5) is 17.1. The Morgan fingerprint density at radius 1 is 1.59 bits per heavy atom. The first kappa shape index (κ1) is 12.3. The maximum atomic E-state index is 11.9. The summed E-state index contributed by atoms with van der Waals surface area (Å²) < 4.78 is 1.05. The molecule has 1 amide bonds. The van der Waals surface area contributed by atoms with Crippen molar-refractivity contribution in [1.82, 2.24) is 10.3 Å². The molecule has 0 aromatic carbocycles. The average molecular weight is 311 g/mol. The molecule has 0 saturated carbocycles. The van der Waals surface area contributed by atoms with Crippen LogP contribution in [0.5, 0.6) is 0 Å². The van der Waals surface area contributed by atoms with E-state index in [1.54, 1.807) is 29.7 Å². The number of aryl methyl sites for hydroxylation is 1. The lowest BCUT2D eigenvalue weighted by Gasteiger charge is -2.05. The van der Waals surface area contributed by atoms with Crippen molar-refractivity contribution in [3.05, 3.63) is 50.4 Å². The highest BCUT2D eigenvalue weighted by molar-refractivity contribution is 9.10. The van der Waals surface area contributed by atoms with Crippen LogP contribution in [0.25, 0.3) is 0 Å². The van der Waals surface area contributed by atoms with E-state index >= 15 is 0 Å². The van der Waals surface area contributed by atoms with Gasteiger partial charge in [0.2, 0.25) is 0 Å². The molecule has 0 bridgehead atoms. The van der Waals surface area contributed by atoms with Gasteiger partial charge in [0.05, 0.1) is 12.1 Å². The standard InChI is InChI=1S/C12H11BrN2OS/c1-8-11(3-2-4-14-8)12(16)15-6-10-5-9(13)7-17-10/h2-5,7H,6H2,1H3,(H,15,16). The monoisotopic (exact) mass is 310 g/mol. The molecule has 17 heavy (non-hydrogen) atoms. The van der Waals surface area contributed by atoms with Gasteiger partial charge in [0.1, 0.15) is 0 Å². The number of pyridine rings is 1. The van der Waals surface area contributed by atoms with Gasteiger partial charge in [0.15, 0.2) is 0 Å². The molecule has 2 heterocycles. The highest BCUT2D eigenvalue weighted by Gasteiger charge is 2.08. The molecule has 0 unspecified atom stereocenters. The Morgan fingerprint density at radius 2 is 2.41 bits per heavy atom. The van der Waals surface area contributed by atoms with Gasteiger partial charge in [-0.25, -0.2) is 0 Å². The molecule has 0 aliphatic rings. The Morgan fingerprint density at radius 3 is 3.06 bits per heavy atom. The summed E-state index contributed by atoms with van der Waals surface area (Å²) in [6.07, 6.45) is 1.68. The molecule has 5 heteroatoms. The van der Waals surface area contributed by atoms with E-state index < -0.39 is 0 Å². The lowest BCUT2D eigenvalue weighted by Crippen LogP contribution is -2.23. The van der Waals surface area contributed by atoms with Crippen LogP contribution in [0.1, 0.15) is 20.9 Å². The molecule has 0 radical (unpaired) electrons. The minimum absolute atomic E-state index is 0.0832. The third-order valence-electron chi connectivity index (χ3n) is 2.30. The Kier molecular flexibility index (Phi) is 3.91. The van der Waals surface area contributed by atoms with Crippen LogP contribution in [-0.4, -0.2) is 10.9 Å². The smallest absolute Gasteiger partial charge is 0.253 e. The Hall–Kier alpha value is -1.20. The molecule has 0 aliphatic carbocycles. The van der Waals surface area contributed by atoms with E-state index in [4.69, 9.17) is 0 Å². The number of rotatable bonds is 3. The number of halogens is 1. The first-order chi connectivity index (χ1) is 8.16. The summed E-state index contributed by atoms with van der Waals surface area (Å²) in [6, 6.07) is 5.55. The van der Waals surface area contributed by atoms with E-state index in [1.165, 1.54) is 0 Å². The molecule has 88 valence electrons. The fourth-order valence-electron chi connectivity index (χ4n) is 1.43. The zero-order chi connectivity index (χ0) is 12.3. The van der Waals surface area contributed by atoms with E-state index in [0.717, 1.165) is 15.0 Å². The number of hydrogen-bond donors (Lipinski definition) is 1. The van der Waals surface area contributed by atoms with Crippen LogP contribution in [0.15, 0.2) is 34.2 Å². The van der Waals surface area contributed by atoms with Crippen LogP contribution in [0, 0.1) is 6.92 Å². The largest absolute Gasteiger partial charge is 0.347 e. The summed E-state index contributed by atoms with van der Waals surface area (Å²) in [7, 11) is 0. The zero-order valence-electron chi connectivity index (χ0n) is 9.24. The summed E-state index contributed by atoms with van der Waals surface area (Å²) >= 11 is 5.00. The van der Waals surface area contributed by atoms with Crippen molar-refractivity contribution in [3.8, 4) is 0 Å². The summed E-state index contributed by atoms with van der Waals surface area (Å²) in [5, 5.41) is 4.88. The Bertz CT molecular complexity index is 539. The maximum absolute atomic E-state index is 11.9. The van der Waals surface area contributed by atoms with Crippen LogP contribution in [0.4, 0.5) is 0 Å². The van der Waals surface area contributed by atoms with Crippen molar-refractivity contribution in [1.29, 1.82) is 0 Å². The van der Waals surface area contributed by atoms with Crippen LogP contribution in [-0.2, 0) is 6.54 Å². The van der Waals surface area contributed by atoms with Crippen molar-refractivity contribution in [2.24, 2.45) is 0 Å². The molecule has 2 aromatic rings. The molecular formula is C12H11BrN2OS. The summed E-state index contributed by atoms with van der Waals surface area (Å²) in [5.41, 5.74) is 1.38. The number of hydrogen-bond acceptors (Lipinski definition) is 3. The second kappa shape index (κ2) is 5.42. The first-order valence-electron chi connectivity index (χ1n) is 5.09. The minimum atomic E-state index is -0.0832. The number of carbonyl (C=O) groups is 1. The van der Waals surface area contributed by atoms with Crippen LogP contribution < -0.4 is 5.32 Å². The number of amides is 1. The minimum Gasteiger partial charge on any atom is -0.347 e. The van der Waals surface area contributed by atoms with Crippen molar-refractivity contribution >= 4 is 33.2 Å². The first-order valence-corrected chi connectivity index (χ1v) is 6.77. The van der Waals surface area contributed by atoms with Gasteiger partial charge in [-0.05, 0) is 41.1 Å². The van der Waals surface area contributed by atoms with Gasteiger partial charge < -0.3 is 5.32 Å². The van der Waals surface area contributed by atoms with Crippen LogP contribution >= 0.6 is 27.3 Å². The number of nitrogens with zero attached hydrogens (tertiary/aromatic N) is 1. The van der Waals surface area contributed by atoms with E-state index in [-0.39, 0.29) is 5.91 Å². The normalized spacial score (nSPS) is 10.2. The molecule has 1 N–H and O–H groups in total. The second-order valence-corrected chi connectivity index (χ2v) is 5.46. The third kappa shape index (κ3) is 3.14. The van der Waals surface area contributed by atoms with Gasteiger partial charge in [0, 0.05) is 26.6 Å². The van der Waals surface area contributed by atoms with Gasteiger partial charge in [-0.2, -0.15) is 0 Å². The Labute approximate surface area is 112 Å². The van der Waals surface area contributed by atoms with Gasteiger partial charge in [-0.15, -0.1) is 11.3 Å². The number of thiophene rings is 1. The fraction of sp³-hybridized carbons (Fsp3) is 0.167. The average Bonchev–Trinajstić information content (AvgIpc) is 2.73. The van der Waals surface area contributed by atoms with Gasteiger partial charge in [-0.1, -0.05) is 0 Å². The van der Waals surface area contributed by atoms with Crippen molar-refractivity contribution in [2.75, 3.05) is 0 Å². The van der Waals surface area contributed by atoms with E-state index in [0.29, 0.717) is 12.1 Å². The number of carbonyl (C=O) groups excluding carboxylic acids is 1. The topological polar surface area (TPSA) is 42.0 Å².